The highest BCUT2D eigenvalue weighted by Crippen LogP contribution is 2.32. The molecular weight excluding hydrogens is 455 g/mol. The molecule has 172 valence electrons. The molecule has 2 heterocycles. The van der Waals surface area contributed by atoms with E-state index < -0.39 is 28.8 Å². The van der Waals surface area contributed by atoms with Crippen molar-refractivity contribution in [2.45, 2.75) is 12.5 Å². The summed E-state index contributed by atoms with van der Waals surface area (Å²) in [7, 11) is 0. The highest BCUT2D eigenvalue weighted by Gasteiger charge is 2.26. The number of thiophene rings is 1. The van der Waals surface area contributed by atoms with Gasteiger partial charge < -0.3 is 20.2 Å². The van der Waals surface area contributed by atoms with Crippen LogP contribution >= 0.6 is 11.3 Å². The Balaban J connectivity index is 1.87. The third kappa shape index (κ3) is 6.01. The standard InChI is InChI=1S/C21H19FN4O6S/c1-2-7-25(21(28)29)11-16(14-5-3-13(4-6-14)12-32-26(30)31)20(27)24-19-8-15-17(22)9-23-10-18(15)33-19/h2-6,8-10,16H,1,7,11-12H2,(H,24,27)(H,28,29)/t16-/m1/s1. The first-order valence-corrected chi connectivity index (χ1v) is 10.4. The molecule has 0 fully saturated rings. The summed E-state index contributed by atoms with van der Waals surface area (Å²) in [5.41, 5.74) is 0.991. The van der Waals surface area contributed by atoms with Gasteiger partial charge in [-0.05, 0) is 17.2 Å². The fourth-order valence-corrected chi connectivity index (χ4v) is 4.06. The summed E-state index contributed by atoms with van der Waals surface area (Å²) < 4.78 is 14.5. The number of fused-ring (bicyclic) bond motifs is 1. The van der Waals surface area contributed by atoms with E-state index in [1.165, 1.54) is 18.3 Å². The molecule has 0 saturated heterocycles. The third-order valence-corrected chi connectivity index (χ3v) is 5.69. The van der Waals surface area contributed by atoms with Crippen LogP contribution in [0.2, 0.25) is 0 Å². The van der Waals surface area contributed by atoms with Gasteiger partial charge in [0.1, 0.15) is 12.4 Å². The summed E-state index contributed by atoms with van der Waals surface area (Å²) >= 11 is 1.14. The number of carboxylic acid groups (broad SMARTS) is 1. The van der Waals surface area contributed by atoms with E-state index in [1.807, 2.05) is 0 Å². The number of anilines is 1. The van der Waals surface area contributed by atoms with Crippen molar-refractivity contribution in [3.05, 3.63) is 82.4 Å². The van der Waals surface area contributed by atoms with Crippen LogP contribution in [0.15, 0.2) is 55.4 Å². The number of aromatic nitrogens is 1. The SMILES string of the molecule is C=CCN(C[C@@H](C(=O)Nc1cc2c(F)cncc2s1)c1ccc(CO[N+](=O)[O-])cc1)C(=O)O. The quantitative estimate of drug-likeness (QED) is 0.257. The van der Waals surface area contributed by atoms with Gasteiger partial charge in [-0.3, -0.25) is 9.78 Å². The molecule has 0 bridgehead atoms. The van der Waals surface area contributed by atoms with Crippen molar-refractivity contribution < 1.29 is 29.0 Å². The Hall–Kier alpha value is -4.06. The van der Waals surface area contributed by atoms with Crippen LogP contribution in [0.25, 0.3) is 10.1 Å². The molecule has 2 aromatic heterocycles. The van der Waals surface area contributed by atoms with Crippen molar-refractivity contribution in [2.24, 2.45) is 0 Å². The summed E-state index contributed by atoms with van der Waals surface area (Å²) in [6.07, 6.45) is 2.74. The molecule has 0 unspecified atom stereocenters. The summed E-state index contributed by atoms with van der Waals surface area (Å²) in [6.45, 7) is 3.12. The maximum absolute atomic E-state index is 14.0. The Morgan fingerprint density at radius 1 is 1.36 bits per heavy atom. The van der Waals surface area contributed by atoms with E-state index in [-0.39, 0.29) is 19.7 Å². The molecule has 33 heavy (non-hydrogen) atoms. The van der Waals surface area contributed by atoms with Gasteiger partial charge in [-0.1, -0.05) is 30.3 Å². The van der Waals surface area contributed by atoms with Crippen LogP contribution in [0.1, 0.15) is 17.0 Å². The Labute approximate surface area is 191 Å². The predicted octanol–water partition coefficient (Wildman–Crippen LogP) is 4.03. The number of amides is 2. The number of rotatable bonds is 10. The molecule has 10 nitrogen and oxygen atoms in total. The van der Waals surface area contributed by atoms with Crippen LogP contribution in [-0.4, -0.2) is 45.2 Å². The minimum absolute atomic E-state index is 0.00758. The number of carbonyl (C=O) groups is 2. The molecule has 0 aliphatic rings. The van der Waals surface area contributed by atoms with E-state index in [4.69, 9.17) is 0 Å². The maximum atomic E-state index is 14.0. The van der Waals surface area contributed by atoms with Crippen LogP contribution in [0, 0.1) is 15.9 Å². The minimum atomic E-state index is -1.22. The zero-order valence-corrected chi connectivity index (χ0v) is 18.0. The van der Waals surface area contributed by atoms with E-state index in [0.29, 0.717) is 26.2 Å². The molecule has 2 amide bonds. The fourth-order valence-electron chi connectivity index (χ4n) is 3.12. The van der Waals surface area contributed by atoms with Crippen molar-refractivity contribution >= 4 is 38.4 Å². The number of hydrogen-bond donors (Lipinski definition) is 2. The van der Waals surface area contributed by atoms with E-state index >= 15 is 0 Å². The number of carbonyl (C=O) groups excluding carboxylic acids is 1. The van der Waals surface area contributed by atoms with Gasteiger partial charge >= 0.3 is 6.09 Å². The predicted molar refractivity (Wildman–Crippen MR) is 119 cm³/mol. The van der Waals surface area contributed by atoms with Gasteiger partial charge in [-0.15, -0.1) is 28.0 Å². The summed E-state index contributed by atoms with van der Waals surface area (Å²) in [4.78, 5) is 44.3. The van der Waals surface area contributed by atoms with Crippen LogP contribution in [0.4, 0.5) is 14.2 Å². The number of hydrogen-bond acceptors (Lipinski definition) is 7. The molecule has 0 aliphatic carbocycles. The number of nitrogens with zero attached hydrogens (tertiary/aromatic N) is 3. The van der Waals surface area contributed by atoms with Crippen molar-refractivity contribution in [1.29, 1.82) is 0 Å². The first-order valence-electron chi connectivity index (χ1n) is 9.57. The van der Waals surface area contributed by atoms with E-state index in [0.717, 1.165) is 22.4 Å². The molecule has 3 rings (SSSR count). The van der Waals surface area contributed by atoms with Gasteiger partial charge in [0.15, 0.2) is 0 Å². The zero-order chi connectivity index (χ0) is 24.0. The van der Waals surface area contributed by atoms with Crippen LogP contribution in [0.5, 0.6) is 0 Å². The molecular formula is C21H19FN4O6S. The van der Waals surface area contributed by atoms with Crippen LogP contribution < -0.4 is 5.32 Å². The van der Waals surface area contributed by atoms with Gasteiger partial charge in [0, 0.05) is 24.7 Å². The van der Waals surface area contributed by atoms with Crippen molar-refractivity contribution in [1.82, 2.24) is 9.88 Å². The number of benzene rings is 1. The molecule has 1 atom stereocenters. The second-order valence-corrected chi connectivity index (χ2v) is 7.98. The lowest BCUT2D eigenvalue weighted by atomic mass is 9.96. The second-order valence-electron chi connectivity index (χ2n) is 6.90. The average Bonchev–Trinajstić information content (AvgIpc) is 3.19. The lowest BCUT2D eigenvalue weighted by Gasteiger charge is -2.24. The summed E-state index contributed by atoms with van der Waals surface area (Å²) in [5, 5.41) is 22.4. The topological polar surface area (TPSA) is 135 Å². The average molecular weight is 474 g/mol. The summed E-state index contributed by atoms with van der Waals surface area (Å²) in [5.74, 6) is -1.93. The number of nitrogens with one attached hydrogen (secondary N) is 1. The normalized spacial score (nSPS) is 11.5. The smallest absolute Gasteiger partial charge is 0.407 e. The molecule has 1 aromatic carbocycles. The van der Waals surface area contributed by atoms with Gasteiger partial charge in [0.05, 0.1) is 21.8 Å². The monoisotopic (exact) mass is 474 g/mol. The largest absolute Gasteiger partial charge is 0.465 e. The van der Waals surface area contributed by atoms with Gasteiger partial charge in [-0.25, -0.2) is 9.18 Å². The first kappa shape index (κ1) is 23.6. The maximum Gasteiger partial charge on any atom is 0.407 e. The van der Waals surface area contributed by atoms with Gasteiger partial charge in [0.25, 0.3) is 5.09 Å². The highest BCUT2D eigenvalue weighted by atomic mass is 32.1. The molecule has 0 radical (unpaired) electrons. The lowest BCUT2D eigenvalue weighted by Crippen LogP contribution is -2.37. The van der Waals surface area contributed by atoms with Crippen molar-refractivity contribution in [2.75, 3.05) is 18.4 Å². The van der Waals surface area contributed by atoms with Crippen molar-refractivity contribution in [3.8, 4) is 0 Å². The number of pyridine rings is 1. The molecule has 0 spiro atoms. The highest BCUT2D eigenvalue weighted by molar-refractivity contribution is 7.22. The minimum Gasteiger partial charge on any atom is -0.465 e. The van der Waals surface area contributed by atoms with E-state index in [1.54, 1.807) is 24.3 Å². The Kier molecular flexibility index (Phi) is 7.51. The Morgan fingerprint density at radius 2 is 2.09 bits per heavy atom. The fraction of sp³-hybridized carbons (Fsp3) is 0.190. The molecule has 12 heteroatoms. The Bertz CT molecular complexity index is 1180. The molecule has 3 aromatic rings. The molecule has 0 saturated carbocycles. The van der Waals surface area contributed by atoms with Crippen molar-refractivity contribution in [3.63, 3.8) is 0 Å². The van der Waals surface area contributed by atoms with Gasteiger partial charge in [0.2, 0.25) is 5.91 Å². The Morgan fingerprint density at radius 3 is 2.70 bits per heavy atom. The molecule has 2 N–H and O–H groups in total. The van der Waals surface area contributed by atoms with E-state index in [2.05, 4.69) is 21.7 Å². The zero-order valence-electron chi connectivity index (χ0n) is 17.1. The van der Waals surface area contributed by atoms with Gasteiger partial charge in [-0.2, -0.15) is 0 Å². The van der Waals surface area contributed by atoms with Crippen LogP contribution in [-0.2, 0) is 16.2 Å². The van der Waals surface area contributed by atoms with Crippen LogP contribution in [0.3, 0.4) is 0 Å². The summed E-state index contributed by atoms with van der Waals surface area (Å²) in [6, 6.07) is 7.75. The third-order valence-electron chi connectivity index (χ3n) is 4.70. The second kappa shape index (κ2) is 10.5. The lowest BCUT2D eigenvalue weighted by molar-refractivity contribution is -0.763. The van der Waals surface area contributed by atoms with E-state index in [9.17, 15) is 29.2 Å². The molecule has 0 aliphatic heterocycles. The first-order chi connectivity index (χ1) is 15.8. The number of halogens is 1.